The van der Waals surface area contributed by atoms with Crippen molar-refractivity contribution in [3.8, 4) is 11.5 Å². The van der Waals surface area contributed by atoms with Crippen LogP contribution in [0.4, 0.5) is 0 Å². The molecule has 1 fully saturated rings. The molecular weight excluding hydrogens is 334 g/mol. The molecule has 1 saturated heterocycles. The Hall–Kier alpha value is -1.54. The molecule has 0 aliphatic carbocycles. The third-order valence-corrected chi connectivity index (χ3v) is 4.21. The maximum atomic E-state index is 10.9. The summed E-state index contributed by atoms with van der Waals surface area (Å²) in [4.78, 5) is 12.4. The number of ether oxygens (including phenoxy) is 3. The van der Waals surface area contributed by atoms with E-state index in [1.165, 1.54) is 7.11 Å². The van der Waals surface area contributed by atoms with Gasteiger partial charge in [0.05, 0.1) is 25.3 Å². The Kier molecular flexibility index (Phi) is 7.58. The van der Waals surface area contributed by atoms with Gasteiger partial charge in [0, 0.05) is 5.56 Å². The fraction of sp³-hybridized carbons (Fsp3) is 0.562. The van der Waals surface area contributed by atoms with E-state index >= 15 is 0 Å². The molecule has 1 aliphatic rings. The maximum Gasteiger partial charge on any atom is 0.255 e. The lowest BCUT2D eigenvalue weighted by Gasteiger charge is -2.22. The molecule has 1 aliphatic heterocycles. The van der Waals surface area contributed by atoms with E-state index in [0.29, 0.717) is 16.5 Å². The SMILES string of the molecule is COc1cc(C[NH2+]CC[NH+]2CCOCC2)cc(Cl)c1OCC(N)=O. The molecule has 8 heteroatoms. The number of carbonyl (C=O) groups excluding carboxylic acids is 1. The summed E-state index contributed by atoms with van der Waals surface area (Å²) in [6.07, 6.45) is 0. The van der Waals surface area contributed by atoms with E-state index in [0.717, 1.165) is 51.5 Å². The zero-order chi connectivity index (χ0) is 17.4. The van der Waals surface area contributed by atoms with E-state index in [1.54, 1.807) is 4.90 Å². The molecule has 7 nitrogen and oxygen atoms in total. The molecular formula is C16H26ClN3O4+2. The van der Waals surface area contributed by atoms with Crippen LogP contribution in [-0.4, -0.2) is 59.0 Å². The topological polar surface area (TPSA) is 91.8 Å². The second-order valence-corrected chi connectivity index (χ2v) is 6.17. The van der Waals surface area contributed by atoms with Crippen LogP contribution in [-0.2, 0) is 16.1 Å². The van der Waals surface area contributed by atoms with Gasteiger partial charge in [0.25, 0.3) is 5.91 Å². The van der Waals surface area contributed by atoms with Gasteiger partial charge in [-0.3, -0.25) is 4.79 Å². The van der Waals surface area contributed by atoms with E-state index in [1.807, 2.05) is 12.1 Å². The van der Waals surface area contributed by atoms with Crippen LogP contribution in [0.3, 0.4) is 0 Å². The van der Waals surface area contributed by atoms with Gasteiger partial charge in [-0.05, 0) is 12.1 Å². The van der Waals surface area contributed by atoms with E-state index in [9.17, 15) is 4.79 Å². The average molecular weight is 360 g/mol. The van der Waals surface area contributed by atoms with Gasteiger partial charge in [0.1, 0.15) is 32.7 Å². The van der Waals surface area contributed by atoms with E-state index in [-0.39, 0.29) is 6.61 Å². The van der Waals surface area contributed by atoms with E-state index in [4.69, 9.17) is 31.5 Å². The van der Waals surface area contributed by atoms with Gasteiger partial charge < -0.3 is 30.2 Å². The first-order valence-electron chi connectivity index (χ1n) is 8.10. The quantitative estimate of drug-likeness (QED) is 0.453. The van der Waals surface area contributed by atoms with Crippen LogP contribution < -0.4 is 25.4 Å². The standard InChI is InChI=1S/C16H24ClN3O4/c1-22-14-9-12(8-13(17)16(14)24-11-15(18)21)10-19-2-3-20-4-6-23-7-5-20/h8-9,19H,2-7,10-11H2,1H3,(H2,18,21)/p+2. The third kappa shape index (κ3) is 5.83. The zero-order valence-corrected chi connectivity index (χ0v) is 14.7. The summed E-state index contributed by atoms with van der Waals surface area (Å²) in [5.74, 6) is 0.293. The summed E-state index contributed by atoms with van der Waals surface area (Å²) in [5.41, 5.74) is 6.13. The number of nitrogens with one attached hydrogen (secondary N) is 1. The highest BCUT2D eigenvalue weighted by Crippen LogP contribution is 2.36. The molecule has 1 aromatic carbocycles. The average Bonchev–Trinajstić information content (AvgIpc) is 2.58. The second-order valence-electron chi connectivity index (χ2n) is 5.76. The van der Waals surface area contributed by atoms with Gasteiger partial charge in [0.2, 0.25) is 0 Å². The number of rotatable bonds is 9. The molecule has 0 unspecified atom stereocenters. The van der Waals surface area contributed by atoms with Crippen LogP contribution in [0.15, 0.2) is 12.1 Å². The van der Waals surface area contributed by atoms with E-state index < -0.39 is 5.91 Å². The summed E-state index contributed by atoms with van der Waals surface area (Å²) in [7, 11) is 1.54. The Bertz CT molecular complexity index is 550. The van der Waals surface area contributed by atoms with Crippen LogP contribution in [0.5, 0.6) is 11.5 Å². The number of amides is 1. The Morgan fingerprint density at radius 2 is 2.17 bits per heavy atom. The van der Waals surface area contributed by atoms with Crippen molar-refractivity contribution in [2.45, 2.75) is 6.54 Å². The fourth-order valence-electron chi connectivity index (χ4n) is 2.66. The van der Waals surface area contributed by atoms with Gasteiger partial charge in [-0.25, -0.2) is 0 Å². The summed E-state index contributed by atoms with van der Waals surface area (Å²) in [6.45, 7) is 6.60. The molecule has 1 heterocycles. The van der Waals surface area contributed by atoms with Crippen LogP contribution in [0, 0.1) is 0 Å². The van der Waals surface area contributed by atoms with Crippen LogP contribution in [0.25, 0.3) is 0 Å². The Balaban J connectivity index is 1.85. The first kappa shape index (κ1) is 18.8. The minimum absolute atomic E-state index is 0.232. The van der Waals surface area contributed by atoms with Gasteiger partial charge in [0.15, 0.2) is 18.1 Å². The number of benzene rings is 1. The normalized spacial score (nSPS) is 15.2. The zero-order valence-electron chi connectivity index (χ0n) is 14.0. The number of halogens is 1. The third-order valence-electron chi connectivity index (χ3n) is 3.93. The van der Waals surface area contributed by atoms with Crippen molar-refractivity contribution in [1.29, 1.82) is 0 Å². The first-order valence-corrected chi connectivity index (χ1v) is 8.48. The molecule has 134 valence electrons. The lowest BCUT2D eigenvalue weighted by molar-refractivity contribution is -0.920. The smallest absolute Gasteiger partial charge is 0.255 e. The Morgan fingerprint density at radius 1 is 1.42 bits per heavy atom. The number of hydrogen-bond donors (Lipinski definition) is 3. The molecule has 1 aromatic rings. The molecule has 5 N–H and O–H groups in total. The van der Waals surface area contributed by atoms with Crippen LogP contribution in [0.2, 0.25) is 5.02 Å². The van der Waals surface area contributed by atoms with Gasteiger partial charge in [-0.2, -0.15) is 0 Å². The second kappa shape index (κ2) is 9.68. The minimum atomic E-state index is -0.559. The predicted octanol–water partition coefficient (Wildman–Crippen LogP) is -1.81. The minimum Gasteiger partial charge on any atom is -0.493 e. The van der Waals surface area contributed by atoms with Gasteiger partial charge >= 0.3 is 0 Å². The molecule has 0 atom stereocenters. The van der Waals surface area contributed by atoms with E-state index in [2.05, 4.69) is 5.32 Å². The van der Waals surface area contributed by atoms with Gasteiger partial charge in [-0.1, -0.05) is 11.6 Å². The fourth-order valence-corrected chi connectivity index (χ4v) is 2.95. The van der Waals surface area contributed by atoms with Crippen molar-refractivity contribution in [3.63, 3.8) is 0 Å². The molecule has 1 amide bonds. The summed E-state index contributed by atoms with van der Waals surface area (Å²) in [5, 5.41) is 2.66. The highest BCUT2D eigenvalue weighted by atomic mass is 35.5. The molecule has 0 saturated carbocycles. The Morgan fingerprint density at radius 3 is 2.83 bits per heavy atom. The molecule has 0 spiro atoms. The molecule has 24 heavy (non-hydrogen) atoms. The largest absolute Gasteiger partial charge is 0.493 e. The Labute approximate surface area is 147 Å². The number of carbonyl (C=O) groups is 1. The number of methoxy groups -OCH3 is 1. The van der Waals surface area contributed by atoms with Gasteiger partial charge in [-0.15, -0.1) is 0 Å². The number of nitrogens with two attached hydrogens (primary N) is 2. The lowest BCUT2D eigenvalue weighted by Crippen LogP contribution is -3.16. The van der Waals surface area contributed by atoms with Crippen molar-refractivity contribution in [1.82, 2.24) is 0 Å². The highest BCUT2D eigenvalue weighted by Gasteiger charge is 2.15. The van der Waals surface area contributed by atoms with Crippen LogP contribution in [0.1, 0.15) is 5.56 Å². The molecule has 0 radical (unpaired) electrons. The van der Waals surface area contributed by atoms with Crippen molar-refractivity contribution in [2.75, 3.05) is 53.1 Å². The number of morpholine rings is 1. The van der Waals surface area contributed by atoms with Crippen molar-refractivity contribution < 1.29 is 29.2 Å². The monoisotopic (exact) mass is 359 g/mol. The highest BCUT2D eigenvalue weighted by molar-refractivity contribution is 6.32. The van der Waals surface area contributed by atoms with Crippen LogP contribution >= 0.6 is 11.6 Å². The predicted molar refractivity (Wildman–Crippen MR) is 89.6 cm³/mol. The lowest BCUT2D eigenvalue weighted by atomic mass is 10.2. The molecule has 0 bridgehead atoms. The summed E-state index contributed by atoms with van der Waals surface area (Å²) in [6, 6.07) is 3.71. The summed E-state index contributed by atoms with van der Waals surface area (Å²) >= 11 is 6.24. The number of hydrogen-bond acceptors (Lipinski definition) is 4. The first-order chi connectivity index (χ1) is 11.6. The molecule has 2 rings (SSSR count). The number of primary amides is 1. The van der Waals surface area contributed by atoms with Crippen molar-refractivity contribution in [3.05, 3.63) is 22.7 Å². The molecule has 0 aromatic heterocycles. The van der Waals surface area contributed by atoms with Crippen molar-refractivity contribution >= 4 is 17.5 Å². The maximum absolute atomic E-state index is 10.9. The van der Waals surface area contributed by atoms with Crippen molar-refractivity contribution in [2.24, 2.45) is 5.73 Å². The number of quaternary nitrogens is 2. The summed E-state index contributed by atoms with van der Waals surface area (Å²) < 4.78 is 16.0.